The van der Waals surface area contributed by atoms with Gasteiger partial charge in [-0.05, 0) is 33.6 Å². The molecule has 3 heterocycles. The molecule has 4 rings (SSSR count). The van der Waals surface area contributed by atoms with Crippen LogP contribution < -0.4 is 0 Å². The lowest BCUT2D eigenvalue weighted by molar-refractivity contribution is 0.0565. The fraction of sp³-hybridized carbons (Fsp3) is 0.200. The highest BCUT2D eigenvalue weighted by Gasteiger charge is 2.21. The standard InChI is InChI=1S/C20H15BrF4N6/c21-15-5-6-16(26-9-15)17(7-12-1-3-13(4-2-12)19(22)23)30-11-14(8-28-30)18-10-27-29-31(18)20(24)25/h1-6,8-11,17,19-20H,7H2. The second kappa shape index (κ2) is 8.96. The summed E-state index contributed by atoms with van der Waals surface area (Å²) in [5.74, 6) is 0. The number of alkyl halides is 4. The molecule has 0 saturated carbocycles. The van der Waals surface area contributed by atoms with Gasteiger partial charge >= 0.3 is 6.55 Å². The average molecular weight is 495 g/mol. The van der Waals surface area contributed by atoms with Gasteiger partial charge in [-0.15, -0.1) is 5.10 Å². The predicted octanol–water partition coefficient (Wildman–Crippen LogP) is 5.46. The SMILES string of the molecule is FC(F)c1ccc(CC(c2ccc(Br)cn2)n2cc(-c3cnnn3C(F)F)cn2)cc1. The average Bonchev–Trinajstić information content (AvgIpc) is 3.42. The van der Waals surface area contributed by atoms with E-state index in [0.717, 1.165) is 10.0 Å². The highest BCUT2D eigenvalue weighted by Crippen LogP contribution is 2.28. The number of hydrogen-bond donors (Lipinski definition) is 0. The number of rotatable bonds is 7. The lowest BCUT2D eigenvalue weighted by Gasteiger charge is -2.18. The molecule has 160 valence electrons. The Morgan fingerprint density at radius 1 is 0.935 bits per heavy atom. The fourth-order valence-corrected chi connectivity index (χ4v) is 3.41. The molecule has 3 aromatic heterocycles. The van der Waals surface area contributed by atoms with Crippen molar-refractivity contribution in [3.63, 3.8) is 0 Å². The summed E-state index contributed by atoms with van der Waals surface area (Å²) in [5, 5.41) is 11.3. The second-order valence-corrected chi connectivity index (χ2v) is 7.63. The van der Waals surface area contributed by atoms with E-state index in [1.54, 1.807) is 29.2 Å². The summed E-state index contributed by atoms with van der Waals surface area (Å²) in [6.07, 6.45) is 3.81. The zero-order valence-electron chi connectivity index (χ0n) is 15.8. The highest BCUT2D eigenvalue weighted by atomic mass is 79.9. The normalized spacial score (nSPS) is 12.6. The van der Waals surface area contributed by atoms with E-state index in [2.05, 4.69) is 36.3 Å². The molecule has 0 fully saturated rings. The van der Waals surface area contributed by atoms with Crippen LogP contribution in [0, 0.1) is 0 Å². The third kappa shape index (κ3) is 4.66. The van der Waals surface area contributed by atoms with E-state index in [9.17, 15) is 17.6 Å². The minimum atomic E-state index is -2.84. The summed E-state index contributed by atoms with van der Waals surface area (Å²) in [5.41, 5.74) is 1.97. The van der Waals surface area contributed by atoms with Crippen LogP contribution in [0.15, 0.2) is 65.7 Å². The Labute approximate surface area is 182 Å². The van der Waals surface area contributed by atoms with Crippen LogP contribution in [-0.2, 0) is 6.42 Å². The van der Waals surface area contributed by atoms with Gasteiger partial charge in [0.15, 0.2) is 0 Å². The van der Waals surface area contributed by atoms with Crippen molar-refractivity contribution in [3.05, 3.63) is 82.5 Å². The van der Waals surface area contributed by atoms with Crippen molar-refractivity contribution >= 4 is 15.9 Å². The fourth-order valence-electron chi connectivity index (χ4n) is 3.18. The van der Waals surface area contributed by atoms with E-state index in [-0.39, 0.29) is 11.3 Å². The van der Waals surface area contributed by atoms with Crippen molar-refractivity contribution in [2.45, 2.75) is 25.4 Å². The molecule has 0 aliphatic carbocycles. The Bertz CT molecular complexity index is 1140. The first-order valence-electron chi connectivity index (χ1n) is 9.13. The smallest absolute Gasteiger partial charge is 0.263 e. The van der Waals surface area contributed by atoms with Crippen molar-refractivity contribution in [2.75, 3.05) is 0 Å². The molecule has 4 aromatic rings. The minimum absolute atomic E-state index is 0.0591. The van der Waals surface area contributed by atoms with Crippen LogP contribution in [0.25, 0.3) is 11.3 Å². The van der Waals surface area contributed by atoms with Gasteiger partial charge in [0.1, 0.15) is 0 Å². The van der Waals surface area contributed by atoms with Gasteiger partial charge in [-0.2, -0.15) is 18.6 Å². The molecule has 0 saturated heterocycles. The van der Waals surface area contributed by atoms with E-state index >= 15 is 0 Å². The first-order chi connectivity index (χ1) is 14.9. The maximum Gasteiger partial charge on any atom is 0.335 e. The van der Waals surface area contributed by atoms with E-state index in [1.165, 1.54) is 24.5 Å². The molecular formula is C20H15BrF4N6. The largest absolute Gasteiger partial charge is 0.335 e. The third-order valence-corrected chi connectivity index (χ3v) is 5.20. The predicted molar refractivity (Wildman–Crippen MR) is 108 cm³/mol. The molecule has 0 N–H and O–H groups in total. The topological polar surface area (TPSA) is 61.4 Å². The molecule has 11 heteroatoms. The summed E-state index contributed by atoms with van der Waals surface area (Å²) in [4.78, 5) is 4.44. The van der Waals surface area contributed by atoms with Crippen LogP contribution in [0.2, 0.25) is 0 Å². The minimum Gasteiger partial charge on any atom is -0.263 e. The molecule has 1 atom stereocenters. The van der Waals surface area contributed by atoms with E-state index in [0.29, 0.717) is 22.4 Å². The number of aromatic nitrogens is 6. The monoisotopic (exact) mass is 494 g/mol. The van der Waals surface area contributed by atoms with Gasteiger partial charge in [0.2, 0.25) is 0 Å². The van der Waals surface area contributed by atoms with Crippen molar-refractivity contribution in [1.29, 1.82) is 0 Å². The second-order valence-electron chi connectivity index (χ2n) is 6.71. The molecule has 6 nitrogen and oxygen atoms in total. The molecule has 0 spiro atoms. The lowest BCUT2D eigenvalue weighted by atomic mass is 10.0. The number of nitrogens with zero attached hydrogens (tertiary/aromatic N) is 6. The lowest BCUT2D eigenvalue weighted by Crippen LogP contribution is -2.15. The molecule has 1 unspecified atom stereocenters. The van der Waals surface area contributed by atoms with Crippen LogP contribution in [0.4, 0.5) is 17.6 Å². The van der Waals surface area contributed by atoms with Crippen molar-refractivity contribution in [3.8, 4) is 11.3 Å². The van der Waals surface area contributed by atoms with Crippen molar-refractivity contribution in [1.82, 2.24) is 29.8 Å². The Hall–Kier alpha value is -3.08. The Morgan fingerprint density at radius 3 is 2.35 bits per heavy atom. The first kappa shape index (κ1) is 21.2. The zero-order valence-corrected chi connectivity index (χ0v) is 17.4. The Morgan fingerprint density at radius 2 is 1.71 bits per heavy atom. The van der Waals surface area contributed by atoms with E-state index in [4.69, 9.17) is 0 Å². The van der Waals surface area contributed by atoms with Crippen LogP contribution in [0.5, 0.6) is 0 Å². The van der Waals surface area contributed by atoms with Gasteiger partial charge in [-0.25, -0.2) is 8.78 Å². The number of pyridine rings is 1. The number of hydrogen-bond acceptors (Lipinski definition) is 4. The number of benzene rings is 1. The molecule has 0 aliphatic rings. The van der Waals surface area contributed by atoms with Gasteiger partial charge in [0, 0.05) is 34.4 Å². The van der Waals surface area contributed by atoms with E-state index < -0.39 is 19.0 Å². The van der Waals surface area contributed by atoms with Crippen LogP contribution in [-0.4, -0.2) is 29.8 Å². The quantitative estimate of drug-likeness (QED) is 0.320. The van der Waals surface area contributed by atoms with Gasteiger partial charge in [0.05, 0.1) is 29.8 Å². The summed E-state index contributed by atoms with van der Waals surface area (Å²) < 4.78 is 55.0. The van der Waals surface area contributed by atoms with Crippen LogP contribution in [0.1, 0.15) is 35.8 Å². The van der Waals surface area contributed by atoms with Gasteiger partial charge < -0.3 is 0 Å². The maximum atomic E-state index is 13.2. The molecular weight excluding hydrogens is 480 g/mol. The van der Waals surface area contributed by atoms with Crippen molar-refractivity contribution < 1.29 is 17.6 Å². The summed E-state index contributed by atoms with van der Waals surface area (Å²) in [7, 11) is 0. The number of halogens is 5. The Balaban J connectivity index is 1.69. The summed E-state index contributed by atoms with van der Waals surface area (Å²) in [6.45, 7) is -2.84. The van der Waals surface area contributed by atoms with Crippen LogP contribution in [0.3, 0.4) is 0 Å². The zero-order chi connectivity index (χ0) is 22.0. The molecule has 31 heavy (non-hydrogen) atoms. The molecule has 1 aromatic carbocycles. The van der Waals surface area contributed by atoms with Gasteiger partial charge in [-0.1, -0.05) is 29.5 Å². The summed E-state index contributed by atoms with van der Waals surface area (Å²) >= 11 is 3.35. The van der Waals surface area contributed by atoms with Crippen molar-refractivity contribution in [2.24, 2.45) is 0 Å². The Kier molecular flexibility index (Phi) is 6.12. The molecule has 0 bridgehead atoms. The van der Waals surface area contributed by atoms with Gasteiger partial charge in [0.25, 0.3) is 6.43 Å². The van der Waals surface area contributed by atoms with Gasteiger partial charge in [-0.3, -0.25) is 9.67 Å². The molecule has 0 amide bonds. The highest BCUT2D eigenvalue weighted by molar-refractivity contribution is 9.10. The first-order valence-corrected chi connectivity index (χ1v) is 9.93. The van der Waals surface area contributed by atoms with Crippen LogP contribution >= 0.6 is 15.9 Å². The molecule has 0 radical (unpaired) electrons. The maximum absolute atomic E-state index is 13.2. The van der Waals surface area contributed by atoms with E-state index in [1.807, 2.05) is 12.1 Å². The molecule has 0 aliphatic heterocycles. The summed E-state index contributed by atoms with van der Waals surface area (Å²) in [6, 6.07) is 9.28. The third-order valence-electron chi connectivity index (χ3n) is 4.73.